The maximum absolute atomic E-state index is 14.8. The molecule has 0 saturated carbocycles. The van der Waals surface area contributed by atoms with Gasteiger partial charge in [-0.1, -0.05) is 0 Å². The highest BCUT2D eigenvalue weighted by Crippen LogP contribution is 2.35. The van der Waals surface area contributed by atoms with Gasteiger partial charge in [0, 0.05) is 5.56 Å². The van der Waals surface area contributed by atoms with Gasteiger partial charge in [-0.05, 0) is 69.6 Å². The number of benzene rings is 1. The Morgan fingerprint density at radius 3 is 2.15 bits per heavy atom. The molecule has 10 heteroatoms. The van der Waals surface area contributed by atoms with Crippen molar-refractivity contribution in [3.05, 3.63) is 33.8 Å². The van der Waals surface area contributed by atoms with Gasteiger partial charge in [0.1, 0.15) is 11.6 Å². The van der Waals surface area contributed by atoms with Crippen LogP contribution in [0.1, 0.15) is 47.1 Å². The van der Waals surface area contributed by atoms with E-state index in [0.717, 1.165) is 12.1 Å². The molecule has 0 spiro atoms. The Bertz CT molecular complexity index is 906. The van der Waals surface area contributed by atoms with Crippen LogP contribution in [-0.4, -0.2) is 27.9 Å². The molecule has 0 aliphatic carbocycles. The molecule has 0 heterocycles. The van der Waals surface area contributed by atoms with Gasteiger partial charge >= 0.3 is 0 Å². The Balaban J connectivity index is 3.69. The maximum atomic E-state index is 14.8. The summed E-state index contributed by atoms with van der Waals surface area (Å²) in [4.78, 5) is 0. The van der Waals surface area contributed by atoms with Gasteiger partial charge in [-0.2, -0.15) is 5.26 Å². The Kier molecular flexibility index (Phi) is 7.02. The van der Waals surface area contributed by atoms with Gasteiger partial charge in [-0.15, -0.1) is 0 Å². The van der Waals surface area contributed by atoms with Crippen LogP contribution < -0.4 is 4.72 Å². The quantitative estimate of drug-likeness (QED) is 0.623. The minimum Gasteiger partial charge on any atom is -0.242 e. The SMILES string of the molecule is CC(C)(C)[S@](=O)N[C@@](C)(CS(=O)(=O)C(C)(C)C#N)c1c(F)ccc(Br)c1F. The zero-order valence-corrected chi connectivity index (χ0v) is 19.2. The first-order valence-corrected chi connectivity index (χ1v) is 11.6. The number of nitrogens with one attached hydrogen (secondary N) is 1. The van der Waals surface area contributed by atoms with Crippen LogP contribution >= 0.6 is 15.9 Å². The van der Waals surface area contributed by atoms with Gasteiger partial charge in [0.05, 0.1) is 37.6 Å². The van der Waals surface area contributed by atoms with Gasteiger partial charge in [0.2, 0.25) is 0 Å². The van der Waals surface area contributed by atoms with Gasteiger partial charge in [0.25, 0.3) is 0 Å². The summed E-state index contributed by atoms with van der Waals surface area (Å²) >= 11 is 2.96. The monoisotopic (exact) mass is 484 g/mol. The number of hydrogen-bond acceptors (Lipinski definition) is 4. The van der Waals surface area contributed by atoms with Crippen LogP contribution in [0.25, 0.3) is 0 Å². The zero-order valence-electron chi connectivity index (χ0n) is 16.0. The highest BCUT2D eigenvalue weighted by molar-refractivity contribution is 9.10. The van der Waals surface area contributed by atoms with Crippen LogP contribution in [0, 0.1) is 23.0 Å². The van der Waals surface area contributed by atoms with Crippen molar-refractivity contribution in [1.82, 2.24) is 4.72 Å². The van der Waals surface area contributed by atoms with Gasteiger partial charge in [0.15, 0.2) is 14.6 Å². The summed E-state index contributed by atoms with van der Waals surface area (Å²) < 4.78 is 67.5. The zero-order chi connectivity index (χ0) is 21.4. The normalized spacial score (nSPS) is 16.4. The van der Waals surface area contributed by atoms with Crippen molar-refractivity contribution < 1.29 is 21.4 Å². The first-order valence-electron chi connectivity index (χ1n) is 7.96. The topological polar surface area (TPSA) is 87.0 Å². The number of nitrogens with zero attached hydrogens (tertiary/aromatic N) is 1. The summed E-state index contributed by atoms with van der Waals surface area (Å²) in [5.41, 5.74) is -2.45. The summed E-state index contributed by atoms with van der Waals surface area (Å²) in [5.74, 6) is -2.81. The molecular formula is C17H23BrF2N2O3S2. The lowest BCUT2D eigenvalue weighted by Crippen LogP contribution is -2.53. The fourth-order valence-corrected chi connectivity index (χ4v) is 4.96. The van der Waals surface area contributed by atoms with E-state index in [9.17, 15) is 26.7 Å². The molecule has 0 fully saturated rings. The van der Waals surface area contributed by atoms with Crippen molar-refractivity contribution in [2.24, 2.45) is 0 Å². The average Bonchev–Trinajstić information content (AvgIpc) is 2.49. The molecule has 2 atom stereocenters. The number of hydrogen-bond donors (Lipinski definition) is 1. The van der Waals surface area contributed by atoms with Crippen molar-refractivity contribution in [1.29, 1.82) is 5.26 Å². The largest absolute Gasteiger partial charge is 0.242 e. The smallest absolute Gasteiger partial charge is 0.170 e. The van der Waals surface area contributed by atoms with E-state index in [2.05, 4.69) is 20.7 Å². The van der Waals surface area contributed by atoms with Crippen LogP contribution in [-0.2, 0) is 26.4 Å². The van der Waals surface area contributed by atoms with E-state index in [4.69, 9.17) is 0 Å². The van der Waals surface area contributed by atoms with E-state index in [-0.39, 0.29) is 4.47 Å². The lowest BCUT2D eigenvalue weighted by molar-refractivity contribution is 0.420. The lowest BCUT2D eigenvalue weighted by atomic mass is 9.94. The molecule has 0 amide bonds. The van der Waals surface area contributed by atoms with E-state index in [1.54, 1.807) is 26.8 Å². The van der Waals surface area contributed by atoms with E-state index < -0.39 is 58.8 Å². The Hall–Kier alpha value is -0.890. The third kappa shape index (κ3) is 5.13. The number of halogens is 3. The van der Waals surface area contributed by atoms with Crippen LogP contribution in [0.5, 0.6) is 0 Å². The van der Waals surface area contributed by atoms with Gasteiger partial charge in [-0.25, -0.2) is 26.1 Å². The molecule has 1 aromatic carbocycles. The second-order valence-electron chi connectivity index (χ2n) is 7.91. The molecule has 5 nitrogen and oxygen atoms in total. The molecule has 1 aromatic rings. The molecule has 0 bridgehead atoms. The number of sulfone groups is 1. The molecule has 0 unspecified atom stereocenters. The molecule has 1 rings (SSSR count). The Morgan fingerprint density at radius 1 is 1.19 bits per heavy atom. The van der Waals surface area contributed by atoms with Gasteiger partial charge < -0.3 is 0 Å². The van der Waals surface area contributed by atoms with Crippen molar-refractivity contribution in [2.45, 2.75) is 56.6 Å². The Morgan fingerprint density at radius 2 is 1.70 bits per heavy atom. The van der Waals surface area contributed by atoms with Crippen molar-refractivity contribution in [2.75, 3.05) is 5.75 Å². The highest BCUT2D eigenvalue weighted by Gasteiger charge is 2.45. The third-order valence-corrected chi connectivity index (χ3v) is 8.96. The summed E-state index contributed by atoms with van der Waals surface area (Å²) in [6, 6.07) is 3.84. The predicted octanol–water partition coefficient (Wildman–Crippen LogP) is 3.71. The molecule has 0 radical (unpaired) electrons. The highest BCUT2D eigenvalue weighted by atomic mass is 79.9. The summed E-state index contributed by atoms with van der Waals surface area (Å²) in [6.45, 7) is 8.58. The van der Waals surface area contributed by atoms with Crippen molar-refractivity contribution in [3.8, 4) is 6.07 Å². The Labute approximate surface area is 170 Å². The fourth-order valence-electron chi connectivity index (χ4n) is 2.17. The summed E-state index contributed by atoms with van der Waals surface area (Å²) in [5, 5.41) is 9.20. The minimum atomic E-state index is -4.16. The molecule has 152 valence electrons. The molecule has 27 heavy (non-hydrogen) atoms. The van der Waals surface area contributed by atoms with E-state index >= 15 is 0 Å². The number of rotatable bonds is 6. The first-order chi connectivity index (χ1) is 12.0. The van der Waals surface area contributed by atoms with E-state index in [1.807, 2.05) is 0 Å². The predicted molar refractivity (Wildman–Crippen MR) is 106 cm³/mol. The summed E-state index contributed by atoms with van der Waals surface area (Å²) in [7, 11) is -6.00. The second kappa shape index (κ2) is 7.85. The molecule has 1 N–H and O–H groups in total. The maximum Gasteiger partial charge on any atom is 0.170 e. The fraction of sp³-hybridized carbons (Fsp3) is 0.588. The molecule has 0 aromatic heterocycles. The summed E-state index contributed by atoms with van der Waals surface area (Å²) in [6.07, 6.45) is 0. The third-order valence-electron chi connectivity index (χ3n) is 4.00. The molecule has 0 aliphatic rings. The molecule has 0 aliphatic heterocycles. The molecule has 0 saturated heterocycles. The second-order valence-corrected chi connectivity index (χ2v) is 13.3. The lowest BCUT2D eigenvalue weighted by Gasteiger charge is -2.35. The average molecular weight is 485 g/mol. The number of nitriles is 1. The van der Waals surface area contributed by atoms with Gasteiger partial charge in [-0.3, -0.25) is 0 Å². The van der Waals surface area contributed by atoms with Crippen LogP contribution in [0.2, 0.25) is 0 Å². The van der Waals surface area contributed by atoms with E-state index in [1.165, 1.54) is 20.8 Å². The van der Waals surface area contributed by atoms with Crippen molar-refractivity contribution >= 4 is 36.8 Å². The minimum absolute atomic E-state index is 0.0644. The first kappa shape index (κ1) is 24.1. The molecular weight excluding hydrogens is 462 g/mol. The standard InChI is InChI=1S/C17H23BrF2N2O3S2/c1-15(2,3)26(23)22-17(6,10-27(24,25)16(4,5)9-21)13-12(19)8-7-11(18)14(13)20/h7-8,22H,10H2,1-6H3/t17-,26-/m0/s1. The van der Waals surface area contributed by atoms with Crippen LogP contribution in [0.15, 0.2) is 16.6 Å². The van der Waals surface area contributed by atoms with Crippen LogP contribution in [0.3, 0.4) is 0 Å². The van der Waals surface area contributed by atoms with Crippen LogP contribution in [0.4, 0.5) is 8.78 Å². The van der Waals surface area contributed by atoms with E-state index in [0.29, 0.717) is 0 Å². The van der Waals surface area contributed by atoms with Crippen molar-refractivity contribution in [3.63, 3.8) is 0 Å².